The molecule has 5 N–H and O–H groups in total. The van der Waals surface area contributed by atoms with Crippen LogP contribution in [0.1, 0.15) is 37.4 Å². The molecule has 17 nitrogen and oxygen atoms in total. The molecule has 0 aliphatic heterocycles. The highest BCUT2D eigenvalue weighted by molar-refractivity contribution is 8.13. The van der Waals surface area contributed by atoms with Gasteiger partial charge in [-0.05, 0) is 146 Å². The number of ketones is 2. The Morgan fingerprint density at radius 3 is 1.38 bits per heavy atom. The van der Waals surface area contributed by atoms with Crippen LogP contribution >= 0.6 is 45.5 Å². The van der Waals surface area contributed by atoms with Gasteiger partial charge in [0.25, 0.3) is 19.1 Å². The minimum absolute atomic E-state index is 0.0306. The first-order valence-electron chi connectivity index (χ1n) is 21.9. The molecule has 5 aromatic heterocycles. The van der Waals surface area contributed by atoms with E-state index in [9.17, 15) is 26.4 Å². The highest BCUT2D eigenvalue weighted by Gasteiger charge is 2.21. The number of carbonyl (C=O) groups is 2. The summed E-state index contributed by atoms with van der Waals surface area (Å²) in [4.78, 5) is 44.1. The van der Waals surface area contributed by atoms with E-state index in [1.165, 1.54) is 73.8 Å². The fourth-order valence-electron chi connectivity index (χ4n) is 6.23. The van der Waals surface area contributed by atoms with Crippen molar-refractivity contribution in [1.29, 1.82) is 5.26 Å². The lowest BCUT2D eigenvalue weighted by atomic mass is 10.0. The number of carbonyl (C=O) groups excluding carboxylic acids is 2. The summed E-state index contributed by atoms with van der Waals surface area (Å²) in [5.74, 6) is 0.573. The molecular formula is C54H39Cl4N9O8S2. The zero-order chi connectivity index (χ0) is 55.4. The number of benzene rings is 5. The van der Waals surface area contributed by atoms with Gasteiger partial charge in [-0.25, -0.2) is 26.8 Å². The van der Waals surface area contributed by atoms with Crippen molar-refractivity contribution < 1.29 is 35.3 Å². The Kier molecular flexibility index (Phi) is 20.7. The Morgan fingerprint density at radius 2 is 0.948 bits per heavy atom. The first-order chi connectivity index (χ1) is 36.9. The van der Waals surface area contributed by atoms with Crippen molar-refractivity contribution in [2.75, 3.05) is 16.2 Å². The van der Waals surface area contributed by atoms with Gasteiger partial charge in [-0.3, -0.25) is 29.3 Å². The van der Waals surface area contributed by atoms with Crippen molar-refractivity contribution in [3.63, 3.8) is 0 Å². The molecule has 0 spiro atoms. The van der Waals surface area contributed by atoms with Gasteiger partial charge in [0.2, 0.25) is 0 Å². The number of oxazole rings is 2. The summed E-state index contributed by atoms with van der Waals surface area (Å²) in [6.07, 6.45) is 15.0. The van der Waals surface area contributed by atoms with Gasteiger partial charge >= 0.3 is 0 Å². The number of anilines is 3. The zero-order valence-corrected chi connectivity index (χ0v) is 44.2. The van der Waals surface area contributed by atoms with Gasteiger partial charge in [-0.1, -0.05) is 34.8 Å². The molecule has 5 aromatic carbocycles. The first-order valence-corrected chi connectivity index (χ1v) is 26.8. The summed E-state index contributed by atoms with van der Waals surface area (Å²) in [6.45, 7) is 0. The smallest absolute Gasteiger partial charge is 0.261 e. The second kappa shape index (κ2) is 27.7. The van der Waals surface area contributed by atoms with Crippen molar-refractivity contribution in [1.82, 2.24) is 24.9 Å². The standard InChI is InChI=1S/C21H14ClN3O4S.C12H9ClN2O.C9H6ClNO3S.C6H6ClN.C6H4N2/c22-16-3-6-19(18(11-16)21(26)15-7-9-23-10-8-15)25-30(27,28)17-4-1-14(2-5-17)20-12-24-13-29-20;13-9-1-2-11(14)10(7-9)12(16)8-3-5-15-6-4-8;10-15(12,13)8-3-1-7(2-4-8)9-5-11-6-14-9;7-5-1-3-6(8)4-2-5;7-5-6-1-3-8-4-2-6/h1-13,25H;1-7H,14H2;1-6H;1-4H,8H2;1-4H. The van der Waals surface area contributed by atoms with E-state index in [1.807, 2.05) is 6.07 Å². The third kappa shape index (κ3) is 17.4. The molecule has 5 heterocycles. The number of aromatic nitrogens is 5. The molecule has 0 fully saturated rings. The lowest BCUT2D eigenvalue weighted by molar-refractivity contribution is 0.103. The van der Waals surface area contributed by atoms with Crippen molar-refractivity contribution in [2.45, 2.75) is 9.79 Å². The van der Waals surface area contributed by atoms with Crippen molar-refractivity contribution >= 4 is 93.2 Å². The van der Waals surface area contributed by atoms with Gasteiger partial charge in [-0.2, -0.15) is 5.26 Å². The number of nitrogens with two attached hydrogens (primary N) is 2. The molecule has 0 atom stereocenters. The van der Waals surface area contributed by atoms with Crippen LogP contribution in [0.25, 0.3) is 22.6 Å². The molecule has 0 radical (unpaired) electrons. The van der Waals surface area contributed by atoms with Crippen LogP contribution in [0.15, 0.2) is 227 Å². The second-order valence-corrected chi connectivity index (χ2v) is 20.8. The molecule has 388 valence electrons. The fraction of sp³-hybridized carbons (Fsp3) is 0. The van der Waals surface area contributed by atoms with Crippen LogP contribution < -0.4 is 16.2 Å². The third-order valence-corrected chi connectivity index (χ3v) is 13.5. The number of nitrogens with one attached hydrogen (secondary N) is 1. The summed E-state index contributed by atoms with van der Waals surface area (Å²) in [6, 6.07) is 40.1. The van der Waals surface area contributed by atoms with Crippen molar-refractivity contribution in [2.24, 2.45) is 0 Å². The number of hydrogen-bond acceptors (Lipinski definition) is 16. The highest BCUT2D eigenvalue weighted by atomic mass is 35.7. The average molecular weight is 1150 g/mol. The van der Waals surface area contributed by atoms with Gasteiger partial charge in [0, 0.05) is 108 Å². The highest BCUT2D eigenvalue weighted by Crippen LogP contribution is 2.28. The molecule has 0 bridgehead atoms. The molecule has 77 heavy (non-hydrogen) atoms. The van der Waals surface area contributed by atoms with E-state index in [1.54, 1.807) is 134 Å². The normalized spacial score (nSPS) is 10.5. The van der Waals surface area contributed by atoms with Gasteiger partial charge < -0.3 is 20.3 Å². The quantitative estimate of drug-likeness (QED) is 0.0652. The van der Waals surface area contributed by atoms with Crippen LogP contribution in [0, 0.1) is 11.3 Å². The Labute approximate surface area is 461 Å². The number of sulfonamides is 1. The molecule has 0 aliphatic rings. The van der Waals surface area contributed by atoms with E-state index in [0.717, 1.165) is 16.3 Å². The van der Waals surface area contributed by atoms with E-state index < -0.39 is 19.1 Å². The zero-order valence-electron chi connectivity index (χ0n) is 39.6. The molecule has 0 aliphatic carbocycles. The van der Waals surface area contributed by atoms with E-state index >= 15 is 0 Å². The predicted molar refractivity (Wildman–Crippen MR) is 295 cm³/mol. The molecule has 0 unspecified atom stereocenters. The summed E-state index contributed by atoms with van der Waals surface area (Å²) in [5, 5.41) is 9.79. The van der Waals surface area contributed by atoms with Crippen LogP contribution in [0.4, 0.5) is 17.1 Å². The van der Waals surface area contributed by atoms with Crippen LogP contribution in [0.5, 0.6) is 0 Å². The molecule has 23 heteroatoms. The summed E-state index contributed by atoms with van der Waals surface area (Å²) < 4.78 is 60.4. The summed E-state index contributed by atoms with van der Waals surface area (Å²) >= 11 is 17.4. The average Bonchev–Trinajstić information content (AvgIpc) is 4.21. The molecule has 10 rings (SSSR count). The first kappa shape index (κ1) is 57.5. The lowest BCUT2D eigenvalue weighted by Crippen LogP contribution is -2.16. The molecule has 10 aromatic rings. The van der Waals surface area contributed by atoms with Crippen molar-refractivity contribution in [3.8, 4) is 28.7 Å². The number of halogens is 4. The van der Waals surface area contributed by atoms with Crippen LogP contribution in [-0.4, -0.2) is 53.3 Å². The van der Waals surface area contributed by atoms with Gasteiger partial charge in [-0.15, -0.1) is 0 Å². The van der Waals surface area contributed by atoms with Crippen LogP contribution in [-0.2, 0) is 19.1 Å². The lowest BCUT2D eigenvalue weighted by Gasteiger charge is -2.13. The van der Waals surface area contributed by atoms with Gasteiger partial charge in [0.15, 0.2) is 35.9 Å². The maximum absolute atomic E-state index is 12.9. The van der Waals surface area contributed by atoms with E-state index in [-0.39, 0.29) is 32.6 Å². The SMILES string of the molecule is N#Cc1ccncc1.Nc1ccc(Cl)cc1.Nc1ccc(Cl)cc1C(=O)c1ccncc1.O=C(c1ccncc1)c1cc(Cl)ccc1NS(=O)(=O)c1ccc(-c2cnco2)cc1.O=S(=O)(Cl)c1ccc(-c2cnco2)cc1. The van der Waals surface area contributed by atoms with E-state index in [2.05, 4.69) is 29.6 Å². The van der Waals surface area contributed by atoms with Gasteiger partial charge in [0.05, 0.1) is 39.5 Å². The fourth-order valence-corrected chi connectivity index (χ4v) is 8.55. The summed E-state index contributed by atoms with van der Waals surface area (Å²) in [5.41, 5.74) is 15.9. The molecule has 0 saturated heterocycles. The third-order valence-electron chi connectivity index (χ3n) is 10.0. The van der Waals surface area contributed by atoms with E-state index in [0.29, 0.717) is 55.1 Å². The number of nitrogens with zero attached hydrogens (tertiary/aromatic N) is 6. The minimum atomic E-state index is -3.95. The molecule has 0 saturated carbocycles. The monoisotopic (exact) mass is 1150 g/mol. The van der Waals surface area contributed by atoms with E-state index in [4.69, 9.17) is 71.0 Å². The van der Waals surface area contributed by atoms with Gasteiger partial charge in [0.1, 0.15) is 0 Å². The Hall–Kier alpha value is -8.74. The molecule has 0 amide bonds. The predicted octanol–water partition coefficient (Wildman–Crippen LogP) is 12.1. The Morgan fingerprint density at radius 1 is 0.519 bits per heavy atom. The van der Waals surface area contributed by atoms with Crippen LogP contribution in [0.2, 0.25) is 15.1 Å². The topological polar surface area (TPSA) is 281 Å². The maximum Gasteiger partial charge on any atom is 0.261 e. The largest absolute Gasteiger partial charge is 0.444 e. The minimum Gasteiger partial charge on any atom is -0.444 e. The van der Waals surface area contributed by atoms with Crippen LogP contribution in [0.3, 0.4) is 0 Å². The Balaban J connectivity index is 0.000000172. The summed E-state index contributed by atoms with van der Waals surface area (Å²) in [7, 11) is -2.44. The maximum atomic E-state index is 12.9. The number of rotatable bonds is 10. The van der Waals surface area contributed by atoms with Crippen molar-refractivity contribution in [3.05, 3.63) is 251 Å². The number of pyridine rings is 3. The molecular weight excluding hydrogens is 1110 g/mol. The second-order valence-electron chi connectivity index (χ2n) is 15.3. The number of hydrogen-bond donors (Lipinski definition) is 3. The Bertz CT molecular complexity index is 3770. The number of nitriles is 1. The number of nitrogen functional groups attached to an aromatic ring is 2.